The largest absolute Gasteiger partial charge is 0.506 e. The van der Waals surface area contributed by atoms with Crippen LogP contribution in [-0.2, 0) is 0 Å². The van der Waals surface area contributed by atoms with Gasteiger partial charge in [-0.25, -0.2) is 0 Å². The first-order valence-corrected chi connectivity index (χ1v) is 4.34. The van der Waals surface area contributed by atoms with Gasteiger partial charge in [-0.3, -0.25) is 0 Å². The van der Waals surface area contributed by atoms with Crippen molar-refractivity contribution < 1.29 is 10.2 Å². The zero-order valence-corrected chi connectivity index (χ0v) is 8.04. The van der Waals surface area contributed by atoms with Gasteiger partial charge in [0, 0.05) is 5.56 Å². The first-order chi connectivity index (χ1) is 6.20. The van der Waals surface area contributed by atoms with E-state index >= 15 is 0 Å². The number of halogens is 1. The molecule has 3 N–H and O–H groups in total. The average molecular weight is 202 g/mol. The van der Waals surface area contributed by atoms with Crippen LogP contribution in [-0.4, -0.2) is 23.9 Å². The second kappa shape index (κ2) is 4.46. The Balaban J connectivity index is 3.05. The van der Waals surface area contributed by atoms with Crippen molar-refractivity contribution in [3.05, 3.63) is 28.8 Å². The number of para-hydroxylation sites is 1. The quantitative estimate of drug-likeness (QED) is 0.691. The molecule has 3 nitrogen and oxygen atoms in total. The first kappa shape index (κ1) is 10.3. The zero-order chi connectivity index (χ0) is 9.84. The number of hydrogen-bond donors (Lipinski definition) is 3. The molecule has 0 saturated carbocycles. The predicted molar refractivity (Wildman–Crippen MR) is 52.0 cm³/mol. The van der Waals surface area contributed by atoms with E-state index < -0.39 is 0 Å². The van der Waals surface area contributed by atoms with Gasteiger partial charge in [-0.05, 0) is 13.1 Å². The maximum absolute atomic E-state index is 9.55. The van der Waals surface area contributed by atoms with E-state index in [-0.39, 0.29) is 18.4 Å². The van der Waals surface area contributed by atoms with Gasteiger partial charge in [-0.2, -0.15) is 0 Å². The molecule has 0 saturated heterocycles. The van der Waals surface area contributed by atoms with Gasteiger partial charge in [-0.1, -0.05) is 23.7 Å². The van der Waals surface area contributed by atoms with Crippen LogP contribution in [0.3, 0.4) is 0 Å². The van der Waals surface area contributed by atoms with Crippen molar-refractivity contribution in [2.75, 3.05) is 13.7 Å². The Morgan fingerprint density at radius 2 is 2.23 bits per heavy atom. The van der Waals surface area contributed by atoms with Gasteiger partial charge in [-0.15, -0.1) is 0 Å². The number of aliphatic hydroxyl groups is 1. The van der Waals surface area contributed by atoms with Crippen molar-refractivity contribution in [3.63, 3.8) is 0 Å². The minimum atomic E-state index is -0.279. The maximum Gasteiger partial charge on any atom is 0.139 e. The average Bonchev–Trinajstić information content (AvgIpc) is 2.14. The van der Waals surface area contributed by atoms with Crippen molar-refractivity contribution in [2.45, 2.75) is 6.04 Å². The van der Waals surface area contributed by atoms with E-state index in [9.17, 15) is 5.11 Å². The second-order valence-corrected chi connectivity index (χ2v) is 3.11. The highest BCUT2D eigenvalue weighted by Gasteiger charge is 2.13. The first-order valence-electron chi connectivity index (χ1n) is 3.96. The minimum absolute atomic E-state index is 0.0255. The minimum Gasteiger partial charge on any atom is -0.506 e. The fourth-order valence-corrected chi connectivity index (χ4v) is 1.34. The molecule has 1 aromatic rings. The molecule has 72 valence electrons. The van der Waals surface area contributed by atoms with Gasteiger partial charge >= 0.3 is 0 Å². The molecule has 0 amide bonds. The molecule has 0 fully saturated rings. The van der Waals surface area contributed by atoms with E-state index in [0.29, 0.717) is 10.6 Å². The molecule has 0 aliphatic rings. The number of phenolic OH excluding ortho intramolecular Hbond substituents is 1. The van der Waals surface area contributed by atoms with Gasteiger partial charge in [0.25, 0.3) is 0 Å². The molecule has 0 heterocycles. The Morgan fingerprint density at radius 1 is 1.54 bits per heavy atom. The van der Waals surface area contributed by atoms with E-state index in [1.807, 2.05) is 0 Å². The Labute approximate surface area is 82.0 Å². The summed E-state index contributed by atoms with van der Waals surface area (Å²) in [6.45, 7) is -0.0790. The number of rotatable bonds is 3. The number of aromatic hydroxyl groups is 1. The van der Waals surface area contributed by atoms with E-state index in [1.165, 1.54) is 0 Å². The van der Waals surface area contributed by atoms with E-state index in [4.69, 9.17) is 16.7 Å². The van der Waals surface area contributed by atoms with Crippen LogP contribution in [0.5, 0.6) is 5.75 Å². The predicted octanol–water partition coefficient (Wildman–Crippen LogP) is 1.30. The van der Waals surface area contributed by atoms with Crippen LogP contribution in [0.25, 0.3) is 0 Å². The summed E-state index contributed by atoms with van der Waals surface area (Å²) in [6.07, 6.45) is 0. The van der Waals surface area contributed by atoms with Crippen LogP contribution in [0, 0.1) is 0 Å². The van der Waals surface area contributed by atoms with Crippen LogP contribution >= 0.6 is 11.6 Å². The highest BCUT2D eigenvalue weighted by Crippen LogP contribution is 2.30. The van der Waals surface area contributed by atoms with Crippen LogP contribution < -0.4 is 5.32 Å². The summed E-state index contributed by atoms with van der Waals surface area (Å²) >= 11 is 5.71. The van der Waals surface area contributed by atoms with Crippen molar-refractivity contribution in [3.8, 4) is 5.75 Å². The van der Waals surface area contributed by atoms with Crippen molar-refractivity contribution in [1.82, 2.24) is 5.32 Å². The van der Waals surface area contributed by atoms with Gasteiger partial charge in [0.15, 0.2) is 0 Å². The molecule has 0 spiro atoms. The molecule has 0 radical (unpaired) electrons. The molecule has 0 unspecified atom stereocenters. The zero-order valence-electron chi connectivity index (χ0n) is 7.29. The fraction of sp³-hybridized carbons (Fsp3) is 0.333. The molecule has 1 rings (SSSR count). The van der Waals surface area contributed by atoms with Gasteiger partial charge in [0.05, 0.1) is 17.7 Å². The summed E-state index contributed by atoms with van der Waals surface area (Å²) in [5.41, 5.74) is 0.609. The molecule has 4 heteroatoms. The number of hydrogen-bond acceptors (Lipinski definition) is 3. The Bertz CT molecular complexity index is 287. The van der Waals surface area contributed by atoms with E-state index in [0.717, 1.165) is 0 Å². The lowest BCUT2D eigenvalue weighted by atomic mass is 10.1. The topological polar surface area (TPSA) is 52.5 Å². The molecule has 1 atom stereocenters. The van der Waals surface area contributed by atoms with Crippen LogP contribution in [0.4, 0.5) is 0 Å². The standard InChI is InChI=1S/C9H12ClNO2/c1-11-8(5-12)6-3-2-4-7(10)9(6)13/h2-4,8,11-13H,5H2,1H3/t8-/m1/s1. The lowest BCUT2D eigenvalue weighted by molar-refractivity contribution is 0.248. The maximum atomic E-state index is 9.55. The number of phenols is 1. The highest BCUT2D eigenvalue weighted by molar-refractivity contribution is 6.32. The van der Waals surface area contributed by atoms with Crippen LogP contribution in [0.15, 0.2) is 18.2 Å². The normalized spacial score (nSPS) is 12.8. The van der Waals surface area contributed by atoms with Crippen LogP contribution in [0.1, 0.15) is 11.6 Å². The third-order valence-corrected chi connectivity index (χ3v) is 2.23. The fourth-order valence-electron chi connectivity index (χ4n) is 1.16. The Morgan fingerprint density at radius 3 is 2.77 bits per heavy atom. The monoisotopic (exact) mass is 201 g/mol. The van der Waals surface area contributed by atoms with E-state index in [2.05, 4.69) is 5.32 Å². The van der Waals surface area contributed by atoms with Gasteiger partial charge < -0.3 is 15.5 Å². The molecular weight excluding hydrogens is 190 g/mol. The summed E-state index contributed by atoms with van der Waals surface area (Å²) in [6, 6.07) is 4.78. The molecular formula is C9H12ClNO2. The second-order valence-electron chi connectivity index (χ2n) is 2.70. The van der Waals surface area contributed by atoms with Gasteiger partial charge in [0.1, 0.15) is 5.75 Å². The molecule has 13 heavy (non-hydrogen) atoms. The summed E-state index contributed by atoms with van der Waals surface area (Å²) in [5.74, 6) is 0.0255. The number of benzene rings is 1. The van der Waals surface area contributed by atoms with Crippen molar-refractivity contribution in [1.29, 1.82) is 0 Å². The third-order valence-electron chi connectivity index (χ3n) is 1.92. The summed E-state index contributed by atoms with van der Waals surface area (Å²) in [4.78, 5) is 0. The smallest absolute Gasteiger partial charge is 0.139 e. The van der Waals surface area contributed by atoms with Crippen molar-refractivity contribution in [2.24, 2.45) is 0 Å². The number of likely N-dealkylation sites (N-methyl/N-ethyl adjacent to an activating group) is 1. The third kappa shape index (κ3) is 2.12. The molecule has 0 aliphatic carbocycles. The lowest BCUT2D eigenvalue weighted by Crippen LogP contribution is -2.19. The van der Waals surface area contributed by atoms with Gasteiger partial charge in [0.2, 0.25) is 0 Å². The molecule has 1 aromatic carbocycles. The molecule has 0 aromatic heterocycles. The summed E-state index contributed by atoms with van der Waals surface area (Å²) in [7, 11) is 1.71. The van der Waals surface area contributed by atoms with Crippen molar-refractivity contribution >= 4 is 11.6 Å². The highest BCUT2D eigenvalue weighted by atomic mass is 35.5. The van der Waals surface area contributed by atoms with Crippen LogP contribution in [0.2, 0.25) is 5.02 Å². The molecule has 0 aliphatic heterocycles. The lowest BCUT2D eigenvalue weighted by Gasteiger charge is -2.15. The number of nitrogens with one attached hydrogen (secondary N) is 1. The Kier molecular flexibility index (Phi) is 3.54. The molecule has 0 bridgehead atoms. The summed E-state index contributed by atoms with van der Waals surface area (Å²) < 4.78 is 0. The Hall–Kier alpha value is -0.770. The summed E-state index contributed by atoms with van der Waals surface area (Å²) in [5, 5.41) is 21.7. The SMILES string of the molecule is CN[C@H](CO)c1cccc(Cl)c1O. The number of aliphatic hydroxyl groups excluding tert-OH is 1. The van der Waals surface area contributed by atoms with E-state index in [1.54, 1.807) is 25.2 Å².